The SMILES string of the molecule is NNc1nc(NC2C3C4CCC(C4)C23)c(Cl)cc1Cl. The fourth-order valence-corrected chi connectivity index (χ4v) is 4.81. The van der Waals surface area contributed by atoms with Crippen molar-refractivity contribution < 1.29 is 0 Å². The molecule has 3 saturated carbocycles. The van der Waals surface area contributed by atoms with E-state index in [0.717, 1.165) is 23.7 Å². The van der Waals surface area contributed by atoms with Crippen molar-refractivity contribution in [2.24, 2.45) is 29.5 Å². The third-order valence-corrected chi connectivity index (χ3v) is 5.68. The second-order valence-corrected chi connectivity index (χ2v) is 6.77. The van der Waals surface area contributed by atoms with Gasteiger partial charge in [-0.05, 0) is 49.0 Å². The molecule has 4 atom stereocenters. The number of hydrogen-bond acceptors (Lipinski definition) is 4. The number of anilines is 2. The summed E-state index contributed by atoms with van der Waals surface area (Å²) in [5.41, 5.74) is 2.50. The monoisotopic (exact) mass is 298 g/mol. The van der Waals surface area contributed by atoms with Gasteiger partial charge in [0.25, 0.3) is 0 Å². The number of aromatic nitrogens is 1. The highest BCUT2D eigenvalue weighted by molar-refractivity contribution is 6.37. The van der Waals surface area contributed by atoms with Crippen LogP contribution in [-0.2, 0) is 0 Å². The van der Waals surface area contributed by atoms with Gasteiger partial charge in [0.05, 0.1) is 10.0 Å². The fourth-order valence-electron chi connectivity index (χ4n) is 4.35. The van der Waals surface area contributed by atoms with Crippen LogP contribution in [0.25, 0.3) is 0 Å². The molecule has 6 heteroatoms. The van der Waals surface area contributed by atoms with E-state index >= 15 is 0 Å². The van der Waals surface area contributed by atoms with E-state index in [1.165, 1.54) is 19.3 Å². The summed E-state index contributed by atoms with van der Waals surface area (Å²) in [4.78, 5) is 4.36. The summed E-state index contributed by atoms with van der Waals surface area (Å²) < 4.78 is 0. The molecule has 1 aromatic rings. The fraction of sp³-hybridized carbons (Fsp3) is 0.615. The average Bonchev–Trinajstić information content (AvgIpc) is 2.79. The molecule has 3 aliphatic carbocycles. The molecule has 19 heavy (non-hydrogen) atoms. The zero-order valence-electron chi connectivity index (χ0n) is 10.4. The van der Waals surface area contributed by atoms with Crippen molar-refractivity contribution >= 4 is 34.8 Å². The van der Waals surface area contributed by atoms with E-state index in [9.17, 15) is 0 Å². The lowest BCUT2D eigenvalue weighted by Crippen LogP contribution is -2.16. The first-order valence-corrected chi connectivity index (χ1v) is 7.54. The Morgan fingerprint density at radius 1 is 1.11 bits per heavy atom. The van der Waals surface area contributed by atoms with Crippen LogP contribution in [-0.4, -0.2) is 11.0 Å². The zero-order chi connectivity index (χ0) is 13.1. The lowest BCUT2D eigenvalue weighted by atomic mass is 10.0. The standard InChI is InChI=1S/C13H16Cl2N4/c14-7-4-8(15)13(19-16)18-12(7)17-11-9-5-1-2-6(3-5)10(9)11/h4-6,9-11H,1-3,16H2,(H2,17,18,19). The molecule has 4 unspecified atom stereocenters. The van der Waals surface area contributed by atoms with Crippen LogP contribution >= 0.6 is 23.2 Å². The number of nitrogens with one attached hydrogen (secondary N) is 2. The summed E-state index contributed by atoms with van der Waals surface area (Å²) in [6.07, 6.45) is 4.24. The first-order valence-electron chi connectivity index (χ1n) is 6.78. The number of fused-ring (bicyclic) bond motifs is 5. The molecule has 3 aliphatic rings. The largest absolute Gasteiger partial charge is 0.365 e. The average molecular weight is 299 g/mol. The van der Waals surface area contributed by atoms with Crippen molar-refractivity contribution in [2.45, 2.75) is 25.3 Å². The minimum atomic E-state index is 0.439. The normalized spacial score (nSPS) is 38.2. The molecule has 0 aromatic carbocycles. The number of rotatable bonds is 3. The highest BCUT2D eigenvalue weighted by atomic mass is 35.5. The molecule has 4 N–H and O–H groups in total. The van der Waals surface area contributed by atoms with Crippen LogP contribution in [0.2, 0.25) is 10.0 Å². The van der Waals surface area contributed by atoms with Crippen LogP contribution in [0.5, 0.6) is 0 Å². The third kappa shape index (κ3) is 1.73. The van der Waals surface area contributed by atoms with E-state index in [1.807, 2.05) is 0 Å². The second-order valence-electron chi connectivity index (χ2n) is 5.95. The van der Waals surface area contributed by atoms with Crippen molar-refractivity contribution in [3.63, 3.8) is 0 Å². The van der Waals surface area contributed by atoms with Gasteiger partial charge in [-0.3, -0.25) is 0 Å². The molecule has 0 saturated heterocycles. The van der Waals surface area contributed by atoms with E-state index in [1.54, 1.807) is 6.07 Å². The molecule has 102 valence electrons. The Hall–Kier alpha value is -0.710. The Bertz CT molecular complexity index is 520. The van der Waals surface area contributed by atoms with Crippen LogP contribution in [0.3, 0.4) is 0 Å². The first-order chi connectivity index (χ1) is 9.19. The van der Waals surface area contributed by atoms with E-state index < -0.39 is 0 Å². The number of nitrogen functional groups attached to an aromatic ring is 1. The maximum absolute atomic E-state index is 6.20. The Labute approximate surface area is 122 Å². The van der Waals surface area contributed by atoms with Gasteiger partial charge in [0.1, 0.15) is 5.82 Å². The Kier molecular flexibility index (Phi) is 2.63. The number of pyridine rings is 1. The van der Waals surface area contributed by atoms with E-state index in [0.29, 0.717) is 27.7 Å². The maximum atomic E-state index is 6.20. The summed E-state index contributed by atoms with van der Waals surface area (Å²) >= 11 is 12.2. The Balaban J connectivity index is 1.55. The van der Waals surface area contributed by atoms with Gasteiger partial charge in [-0.1, -0.05) is 23.2 Å². The highest BCUT2D eigenvalue weighted by Crippen LogP contribution is 2.66. The van der Waals surface area contributed by atoms with Crippen molar-refractivity contribution in [3.05, 3.63) is 16.1 Å². The van der Waals surface area contributed by atoms with Gasteiger partial charge in [-0.2, -0.15) is 0 Å². The smallest absolute Gasteiger partial charge is 0.161 e. The number of nitrogens with zero attached hydrogens (tertiary/aromatic N) is 1. The molecule has 0 amide bonds. The first kappa shape index (κ1) is 12.1. The minimum Gasteiger partial charge on any atom is -0.365 e. The van der Waals surface area contributed by atoms with Gasteiger partial charge in [0, 0.05) is 6.04 Å². The van der Waals surface area contributed by atoms with Crippen LogP contribution < -0.4 is 16.6 Å². The third-order valence-electron chi connectivity index (χ3n) is 5.10. The maximum Gasteiger partial charge on any atom is 0.161 e. The van der Waals surface area contributed by atoms with Crippen LogP contribution in [0.15, 0.2) is 6.07 Å². The van der Waals surface area contributed by atoms with E-state index in [4.69, 9.17) is 29.0 Å². The van der Waals surface area contributed by atoms with E-state index in [2.05, 4.69) is 15.7 Å². The number of hydrazine groups is 1. The predicted octanol–water partition coefficient (Wildman–Crippen LogP) is 3.13. The molecule has 2 bridgehead atoms. The summed E-state index contributed by atoms with van der Waals surface area (Å²) in [5.74, 6) is 10.1. The van der Waals surface area contributed by atoms with Crippen LogP contribution in [0, 0.1) is 23.7 Å². The molecule has 1 heterocycles. The number of nitrogens with two attached hydrogens (primary N) is 1. The second kappa shape index (κ2) is 4.14. The molecule has 0 spiro atoms. The quantitative estimate of drug-likeness (QED) is 0.593. The Morgan fingerprint density at radius 2 is 1.74 bits per heavy atom. The molecule has 0 aliphatic heterocycles. The summed E-state index contributed by atoms with van der Waals surface area (Å²) in [6, 6.07) is 2.23. The zero-order valence-corrected chi connectivity index (χ0v) is 11.9. The molecule has 4 nitrogen and oxygen atoms in total. The van der Waals surface area contributed by atoms with Gasteiger partial charge in [0.2, 0.25) is 0 Å². The molecule has 1 aromatic heterocycles. The summed E-state index contributed by atoms with van der Waals surface area (Å²) in [5, 5.41) is 4.49. The lowest BCUT2D eigenvalue weighted by molar-refractivity contribution is 0.456. The van der Waals surface area contributed by atoms with Crippen molar-refractivity contribution in [3.8, 4) is 0 Å². The van der Waals surface area contributed by atoms with Gasteiger partial charge < -0.3 is 10.7 Å². The summed E-state index contributed by atoms with van der Waals surface area (Å²) in [6.45, 7) is 0. The van der Waals surface area contributed by atoms with Gasteiger partial charge in [-0.15, -0.1) is 0 Å². The van der Waals surface area contributed by atoms with Gasteiger partial charge >= 0.3 is 0 Å². The summed E-state index contributed by atoms with van der Waals surface area (Å²) in [7, 11) is 0. The molecular formula is C13H16Cl2N4. The van der Waals surface area contributed by atoms with Crippen molar-refractivity contribution in [1.82, 2.24) is 4.98 Å². The minimum absolute atomic E-state index is 0.439. The predicted molar refractivity (Wildman–Crippen MR) is 77.3 cm³/mol. The Morgan fingerprint density at radius 3 is 2.37 bits per heavy atom. The molecular weight excluding hydrogens is 283 g/mol. The van der Waals surface area contributed by atoms with Crippen LogP contribution in [0.4, 0.5) is 11.6 Å². The molecule has 4 rings (SSSR count). The molecule has 0 radical (unpaired) electrons. The topological polar surface area (TPSA) is 63.0 Å². The van der Waals surface area contributed by atoms with E-state index in [-0.39, 0.29) is 0 Å². The van der Waals surface area contributed by atoms with Crippen molar-refractivity contribution in [2.75, 3.05) is 10.7 Å². The van der Waals surface area contributed by atoms with Gasteiger partial charge in [-0.25, -0.2) is 10.8 Å². The van der Waals surface area contributed by atoms with Gasteiger partial charge in [0.15, 0.2) is 5.82 Å². The van der Waals surface area contributed by atoms with Crippen molar-refractivity contribution in [1.29, 1.82) is 0 Å². The number of hydrogen-bond donors (Lipinski definition) is 3. The molecule has 3 fully saturated rings. The van der Waals surface area contributed by atoms with Crippen LogP contribution in [0.1, 0.15) is 19.3 Å². The lowest BCUT2D eigenvalue weighted by Gasteiger charge is -2.13. The number of halogens is 2. The highest BCUT2D eigenvalue weighted by Gasteiger charge is 2.65.